The van der Waals surface area contributed by atoms with Crippen LogP contribution in [0.15, 0.2) is 52.7 Å². The Hall–Kier alpha value is -4.01. The Morgan fingerprint density at radius 2 is 1.50 bits per heavy atom. The number of hydrogen-bond donors (Lipinski definition) is 2. The zero-order valence-electron chi connectivity index (χ0n) is 19.4. The number of rotatable bonds is 7. The Balaban J connectivity index is 1.72. The molecule has 2 atom stereocenters. The highest BCUT2D eigenvalue weighted by molar-refractivity contribution is 6.12. The number of ether oxygens (including phenoxy) is 2. The predicted octanol–water partition coefficient (Wildman–Crippen LogP) is 2.94. The summed E-state index contributed by atoms with van der Waals surface area (Å²) in [5, 5.41) is 8.13. The largest absolute Gasteiger partial charge is 0.490 e. The fraction of sp³-hybridized carbons (Fsp3) is 0.320. The number of amides is 2. The van der Waals surface area contributed by atoms with E-state index in [1.807, 2.05) is 26.0 Å². The normalized spacial score (nSPS) is 20.2. The molecule has 9 nitrogen and oxygen atoms in total. The third-order valence-electron chi connectivity index (χ3n) is 6.01. The zero-order valence-corrected chi connectivity index (χ0v) is 19.4. The molecule has 2 aromatic carbocycles. The minimum atomic E-state index is -0.658. The van der Waals surface area contributed by atoms with Gasteiger partial charge in [-0.25, -0.2) is 15.6 Å². The first-order chi connectivity index (χ1) is 16.3. The molecule has 34 heavy (non-hydrogen) atoms. The van der Waals surface area contributed by atoms with Gasteiger partial charge < -0.3 is 9.47 Å². The first-order valence-corrected chi connectivity index (χ1v) is 11.0. The summed E-state index contributed by atoms with van der Waals surface area (Å²) in [6.07, 6.45) is 0. The maximum atomic E-state index is 12.7. The molecule has 2 heterocycles. The number of carbonyl (C=O) groups excluding carboxylic acids is 3. The molecule has 2 aliphatic heterocycles. The van der Waals surface area contributed by atoms with Crippen LogP contribution in [0.4, 0.5) is 0 Å². The van der Waals surface area contributed by atoms with Crippen LogP contribution in [-0.4, -0.2) is 35.8 Å². The molecular formula is C25H26N4O5. The van der Waals surface area contributed by atoms with Gasteiger partial charge in [-0.3, -0.25) is 9.59 Å². The molecule has 2 aliphatic rings. The van der Waals surface area contributed by atoms with Gasteiger partial charge in [-0.1, -0.05) is 23.8 Å². The average Bonchev–Trinajstić information content (AvgIpc) is 3.32. The fourth-order valence-corrected chi connectivity index (χ4v) is 4.30. The molecule has 2 aromatic rings. The van der Waals surface area contributed by atoms with E-state index in [-0.39, 0.29) is 17.6 Å². The van der Waals surface area contributed by atoms with Crippen LogP contribution in [0.5, 0.6) is 11.5 Å². The maximum Gasteiger partial charge on any atom is 0.343 e. The molecule has 0 aliphatic carbocycles. The van der Waals surface area contributed by atoms with E-state index >= 15 is 0 Å². The molecule has 0 spiro atoms. The molecule has 0 saturated carbocycles. The van der Waals surface area contributed by atoms with Crippen LogP contribution in [0.3, 0.4) is 0 Å². The Morgan fingerprint density at radius 1 is 0.912 bits per heavy atom. The van der Waals surface area contributed by atoms with Crippen LogP contribution < -0.4 is 20.3 Å². The van der Waals surface area contributed by atoms with Gasteiger partial charge in [0.1, 0.15) is 0 Å². The zero-order chi connectivity index (χ0) is 24.4. The summed E-state index contributed by atoms with van der Waals surface area (Å²) in [7, 11) is 0. The van der Waals surface area contributed by atoms with Gasteiger partial charge in [0.25, 0.3) is 0 Å². The summed E-state index contributed by atoms with van der Waals surface area (Å²) in [5.41, 5.74) is 8.28. The summed E-state index contributed by atoms with van der Waals surface area (Å²) < 4.78 is 11.4. The monoisotopic (exact) mass is 462 g/mol. The van der Waals surface area contributed by atoms with Gasteiger partial charge in [0.2, 0.25) is 11.8 Å². The lowest BCUT2D eigenvalue weighted by molar-refractivity contribution is -0.125. The second-order valence-corrected chi connectivity index (χ2v) is 8.33. The Labute approximate surface area is 197 Å². The SMILES string of the molecule is CCOc1cc(C(C2C(=O)NN=C2C)C2C(=O)NN=C2C)ccc1OC(=O)c1ccc(C)cc1. The van der Waals surface area contributed by atoms with Crippen LogP contribution in [0.25, 0.3) is 0 Å². The second-order valence-electron chi connectivity index (χ2n) is 8.33. The number of hydrogen-bond acceptors (Lipinski definition) is 7. The molecule has 0 bridgehead atoms. The molecule has 9 heteroatoms. The standard InChI is InChI=1S/C25H26N4O5/c1-5-33-19-12-17(10-11-18(19)34-25(32)16-8-6-13(2)7-9-16)22(20-14(3)26-28-23(20)30)21-15(4)27-29-24(21)31/h6-12,20-22H,5H2,1-4H3,(H,28,30)(H,29,31). The van der Waals surface area contributed by atoms with E-state index in [1.54, 1.807) is 44.2 Å². The van der Waals surface area contributed by atoms with Crippen molar-refractivity contribution in [2.24, 2.45) is 22.0 Å². The van der Waals surface area contributed by atoms with Crippen LogP contribution >= 0.6 is 0 Å². The number of nitrogens with one attached hydrogen (secondary N) is 2. The van der Waals surface area contributed by atoms with E-state index in [9.17, 15) is 14.4 Å². The van der Waals surface area contributed by atoms with Gasteiger partial charge >= 0.3 is 5.97 Å². The molecule has 0 fully saturated rings. The lowest BCUT2D eigenvalue weighted by Gasteiger charge is -2.27. The molecule has 2 unspecified atom stereocenters. The van der Waals surface area contributed by atoms with Gasteiger partial charge in [0.15, 0.2) is 11.5 Å². The number of esters is 1. The van der Waals surface area contributed by atoms with Crippen molar-refractivity contribution in [1.29, 1.82) is 0 Å². The quantitative estimate of drug-likeness (QED) is 0.484. The number of nitrogens with zero attached hydrogens (tertiary/aromatic N) is 2. The molecule has 0 radical (unpaired) electrons. The minimum absolute atomic E-state index is 0.248. The van der Waals surface area contributed by atoms with Crippen molar-refractivity contribution in [2.75, 3.05) is 6.61 Å². The highest BCUT2D eigenvalue weighted by atomic mass is 16.6. The first-order valence-electron chi connectivity index (χ1n) is 11.0. The molecular weight excluding hydrogens is 436 g/mol. The van der Waals surface area contributed by atoms with E-state index in [1.165, 1.54) is 0 Å². The van der Waals surface area contributed by atoms with Gasteiger partial charge in [0.05, 0.1) is 24.0 Å². The van der Waals surface area contributed by atoms with Crippen LogP contribution in [0, 0.1) is 18.8 Å². The molecule has 2 amide bonds. The van der Waals surface area contributed by atoms with Gasteiger partial charge in [0, 0.05) is 17.3 Å². The van der Waals surface area contributed by atoms with E-state index in [0.717, 1.165) is 5.56 Å². The molecule has 176 valence electrons. The number of benzene rings is 2. The van der Waals surface area contributed by atoms with E-state index in [4.69, 9.17) is 9.47 Å². The molecule has 0 saturated heterocycles. The summed E-state index contributed by atoms with van der Waals surface area (Å²) in [5.74, 6) is -2.39. The van der Waals surface area contributed by atoms with Crippen LogP contribution in [0.1, 0.15) is 48.2 Å². The van der Waals surface area contributed by atoms with Crippen molar-refractivity contribution in [2.45, 2.75) is 33.6 Å². The van der Waals surface area contributed by atoms with E-state index in [0.29, 0.717) is 34.9 Å². The minimum Gasteiger partial charge on any atom is -0.490 e. The smallest absolute Gasteiger partial charge is 0.343 e. The highest BCUT2D eigenvalue weighted by Crippen LogP contribution is 2.41. The first kappa shape index (κ1) is 23.2. The number of aryl methyl sites for hydroxylation is 1. The second kappa shape index (κ2) is 9.46. The number of carbonyl (C=O) groups is 3. The fourth-order valence-electron chi connectivity index (χ4n) is 4.30. The van der Waals surface area contributed by atoms with Crippen molar-refractivity contribution in [3.05, 3.63) is 59.2 Å². The lowest BCUT2D eigenvalue weighted by atomic mass is 9.73. The predicted molar refractivity (Wildman–Crippen MR) is 126 cm³/mol. The van der Waals surface area contributed by atoms with Crippen molar-refractivity contribution >= 4 is 29.2 Å². The Morgan fingerprint density at radius 3 is 2.00 bits per heavy atom. The summed E-state index contributed by atoms with van der Waals surface area (Å²) in [6, 6.07) is 12.1. The average molecular weight is 463 g/mol. The van der Waals surface area contributed by atoms with Gasteiger partial charge in [-0.05, 0) is 57.5 Å². The van der Waals surface area contributed by atoms with Crippen molar-refractivity contribution in [3.8, 4) is 11.5 Å². The van der Waals surface area contributed by atoms with Crippen LogP contribution in [0.2, 0.25) is 0 Å². The third-order valence-corrected chi connectivity index (χ3v) is 6.01. The van der Waals surface area contributed by atoms with E-state index in [2.05, 4.69) is 21.1 Å². The van der Waals surface area contributed by atoms with Crippen molar-refractivity contribution in [3.63, 3.8) is 0 Å². The van der Waals surface area contributed by atoms with Crippen molar-refractivity contribution < 1.29 is 23.9 Å². The maximum absolute atomic E-state index is 12.7. The van der Waals surface area contributed by atoms with Crippen molar-refractivity contribution in [1.82, 2.24) is 10.9 Å². The van der Waals surface area contributed by atoms with Gasteiger partial charge in [-0.2, -0.15) is 10.2 Å². The molecule has 0 aromatic heterocycles. The highest BCUT2D eigenvalue weighted by Gasteiger charge is 2.46. The third kappa shape index (κ3) is 4.41. The summed E-state index contributed by atoms with van der Waals surface area (Å²) in [6.45, 7) is 7.58. The number of hydrazone groups is 2. The lowest BCUT2D eigenvalue weighted by Crippen LogP contribution is -2.38. The summed E-state index contributed by atoms with van der Waals surface area (Å²) >= 11 is 0. The topological polar surface area (TPSA) is 118 Å². The Kier molecular flexibility index (Phi) is 6.45. The van der Waals surface area contributed by atoms with Crippen LogP contribution in [-0.2, 0) is 9.59 Å². The van der Waals surface area contributed by atoms with E-state index < -0.39 is 23.7 Å². The Bertz CT molecular complexity index is 1160. The molecule has 4 rings (SSSR count). The molecule has 2 N–H and O–H groups in total. The summed E-state index contributed by atoms with van der Waals surface area (Å²) in [4.78, 5) is 38.0. The van der Waals surface area contributed by atoms with Gasteiger partial charge in [-0.15, -0.1) is 0 Å².